The van der Waals surface area contributed by atoms with Gasteiger partial charge >= 0.3 is 0 Å². The van der Waals surface area contributed by atoms with Crippen LogP contribution < -0.4 is 19.1 Å². The van der Waals surface area contributed by atoms with E-state index in [4.69, 9.17) is 14.2 Å². The van der Waals surface area contributed by atoms with Crippen molar-refractivity contribution in [1.82, 2.24) is 4.90 Å². The number of para-hydroxylation sites is 1. The average Bonchev–Trinajstić information content (AvgIpc) is 2.72. The Balaban J connectivity index is 1.24. The Hall–Kier alpha value is -2.06. The molecule has 0 unspecified atom stereocenters. The third-order valence-electron chi connectivity index (χ3n) is 5.09. The van der Waals surface area contributed by atoms with Crippen molar-refractivity contribution in [1.29, 1.82) is 0 Å². The van der Waals surface area contributed by atoms with E-state index in [1.54, 1.807) is 0 Å². The summed E-state index contributed by atoms with van der Waals surface area (Å²) >= 11 is 3.06. The van der Waals surface area contributed by atoms with Gasteiger partial charge in [0.2, 0.25) is 0 Å². The molecule has 2 aromatic rings. The Morgan fingerprint density at radius 1 is 1.00 bits per heavy atom. The fourth-order valence-electron chi connectivity index (χ4n) is 3.65. The minimum atomic E-state index is -0.692. The third-order valence-corrected chi connectivity index (χ3v) is 5.54. The summed E-state index contributed by atoms with van der Waals surface area (Å²) in [6.45, 7) is 5.83. The number of fused-ring (bicyclic) bond motifs is 1. The van der Waals surface area contributed by atoms with Gasteiger partial charge in [-0.1, -0.05) is 22.0 Å². The molecule has 4 rings (SSSR count). The summed E-state index contributed by atoms with van der Waals surface area (Å²) in [7, 11) is 0. The highest BCUT2D eigenvalue weighted by Gasteiger charge is 2.23. The lowest BCUT2D eigenvalue weighted by atomic mass is 10.2. The van der Waals surface area contributed by atoms with Gasteiger partial charge in [0.15, 0.2) is 28.9 Å². The summed E-state index contributed by atoms with van der Waals surface area (Å²) in [6.07, 6.45) is 0.701. The summed E-state index contributed by atoms with van der Waals surface area (Å²) in [5, 5.41) is 0. The lowest BCUT2D eigenvalue weighted by molar-refractivity contribution is 0.171. The number of halogens is 3. The van der Waals surface area contributed by atoms with Crippen LogP contribution in [-0.4, -0.2) is 57.4 Å². The SMILES string of the molecule is Fc1cc(Br)cc(F)c1OCCCN1CCN(c2cccc3c2OCCO3)CC1. The largest absolute Gasteiger partial charge is 0.488 e. The van der Waals surface area contributed by atoms with Gasteiger partial charge in [-0.3, -0.25) is 4.90 Å². The lowest BCUT2D eigenvalue weighted by Gasteiger charge is -2.37. The minimum absolute atomic E-state index is 0.271. The van der Waals surface area contributed by atoms with Crippen molar-refractivity contribution < 1.29 is 23.0 Å². The number of ether oxygens (including phenoxy) is 3. The Kier molecular flexibility index (Phi) is 6.40. The van der Waals surface area contributed by atoms with Crippen molar-refractivity contribution in [2.45, 2.75) is 6.42 Å². The summed E-state index contributed by atoms with van der Waals surface area (Å²) in [4.78, 5) is 4.65. The molecule has 156 valence electrons. The fourth-order valence-corrected chi connectivity index (χ4v) is 4.05. The first-order valence-corrected chi connectivity index (χ1v) is 10.5. The molecule has 2 heterocycles. The van der Waals surface area contributed by atoms with E-state index in [9.17, 15) is 8.78 Å². The Labute approximate surface area is 177 Å². The normalized spacial score (nSPS) is 16.7. The number of piperazine rings is 1. The smallest absolute Gasteiger partial charge is 0.190 e. The van der Waals surface area contributed by atoms with Gasteiger partial charge in [0.1, 0.15) is 13.2 Å². The number of nitrogens with zero attached hydrogens (tertiary/aromatic N) is 2. The van der Waals surface area contributed by atoms with Crippen LogP contribution in [-0.2, 0) is 0 Å². The zero-order chi connectivity index (χ0) is 20.2. The van der Waals surface area contributed by atoms with Crippen molar-refractivity contribution in [3.63, 3.8) is 0 Å². The quantitative estimate of drug-likeness (QED) is 0.596. The molecule has 0 N–H and O–H groups in total. The van der Waals surface area contributed by atoms with E-state index in [0.717, 1.165) is 49.9 Å². The number of rotatable bonds is 6. The molecule has 0 spiro atoms. The molecular formula is C21H23BrF2N2O3. The number of benzene rings is 2. The molecule has 0 atom stereocenters. The van der Waals surface area contributed by atoms with Crippen LogP contribution in [0.2, 0.25) is 0 Å². The maximum atomic E-state index is 13.8. The van der Waals surface area contributed by atoms with Gasteiger partial charge in [-0.25, -0.2) is 8.78 Å². The van der Waals surface area contributed by atoms with E-state index in [-0.39, 0.29) is 12.4 Å². The second-order valence-electron chi connectivity index (χ2n) is 7.03. The molecule has 0 radical (unpaired) electrons. The van der Waals surface area contributed by atoms with Gasteiger partial charge in [0, 0.05) is 37.2 Å². The molecule has 0 aliphatic carbocycles. The van der Waals surface area contributed by atoms with Gasteiger partial charge in [0.25, 0.3) is 0 Å². The van der Waals surface area contributed by atoms with E-state index in [1.807, 2.05) is 12.1 Å². The number of hydrogen-bond donors (Lipinski definition) is 0. The van der Waals surface area contributed by atoms with Crippen LogP contribution in [0.3, 0.4) is 0 Å². The van der Waals surface area contributed by atoms with Crippen LogP contribution in [0.1, 0.15) is 6.42 Å². The maximum Gasteiger partial charge on any atom is 0.190 e. The van der Waals surface area contributed by atoms with Gasteiger partial charge in [-0.2, -0.15) is 0 Å². The predicted octanol–water partition coefficient (Wildman–Crippen LogP) is 4.09. The van der Waals surface area contributed by atoms with Crippen LogP contribution in [0, 0.1) is 11.6 Å². The molecule has 2 aliphatic heterocycles. The first kappa shape index (κ1) is 20.2. The first-order valence-electron chi connectivity index (χ1n) is 9.75. The van der Waals surface area contributed by atoms with Gasteiger partial charge < -0.3 is 19.1 Å². The zero-order valence-corrected chi connectivity index (χ0v) is 17.6. The fraction of sp³-hybridized carbons (Fsp3) is 0.429. The van der Waals surface area contributed by atoms with E-state index in [1.165, 1.54) is 12.1 Å². The number of anilines is 1. The minimum Gasteiger partial charge on any atom is -0.488 e. The molecule has 2 aromatic carbocycles. The van der Waals surface area contributed by atoms with Crippen molar-refractivity contribution >= 4 is 21.6 Å². The van der Waals surface area contributed by atoms with E-state index >= 15 is 0 Å². The van der Waals surface area contributed by atoms with Crippen LogP contribution in [0.5, 0.6) is 17.2 Å². The molecule has 0 saturated carbocycles. The van der Waals surface area contributed by atoms with Crippen molar-refractivity contribution in [3.8, 4) is 17.2 Å². The Morgan fingerprint density at radius 3 is 2.48 bits per heavy atom. The second kappa shape index (κ2) is 9.17. The summed E-state index contributed by atoms with van der Waals surface area (Å²) in [5.41, 5.74) is 1.08. The van der Waals surface area contributed by atoms with Gasteiger partial charge in [0.05, 0.1) is 12.3 Å². The molecule has 0 aromatic heterocycles. The zero-order valence-electron chi connectivity index (χ0n) is 16.0. The number of hydrogen-bond acceptors (Lipinski definition) is 5. The van der Waals surface area contributed by atoms with Gasteiger partial charge in [-0.05, 0) is 30.7 Å². The highest BCUT2D eigenvalue weighted by atomic mass is 79.9. The highest BCUT2D eigenvalue weighted by molar-refractivity contribution is 9.10. The maximum absolute atomic E-state index is 13.8. The molecule has 2 aliphatic rings. The van der Waals surface area contributed by atoms with Crippen molar-refractivity contribution in [2.24, 2.45) is 0 Å². The van der Waals surface area contributed by atoms with Crippen molar-refractivity contribution in [3.05, 3.63) is 46.4 Å². The summed E-state index contributed by atoms with van der Waals surface area (Å²) in [6, 6.07) is 8.40. The second-order valence-corrected chi connectivity index (χ2v) is 7.95. The van der Waals surface area contributed by atoms with Crippen LogP contribution in [0.4, 0.5) is 14.5 Å². The highest BCUT2D eigenvalue weighted by Crippen LogP contribution is 2.39. The molecule has 1 fully saturated rings. The summed E-state index contributed by atoms with van der Waals surface area (Å²) in [5.74, 6) is -0.0558. The van der Waals surface area contributed by atoms with E-state index in [2.05, 4.69) is 31.8 Å². The summed E-state index contributed by atoms with van der Waals surface area (Å²) < 4.78 is 44.7. The topological polar surface area (TPSA) is 34.2 Å². The third kappa shape index (κ3) is 4.75. The molecular weight excluding hydrogens is 446 g/mol. The molecule has 0 amide bonds. The first-order chi connectivity index (χ1) is 14.1. The molecule has 1 saturated heterocycles. The van der Waals surface area contributed by atoms with Crippen LogP contribution in [0.15, 0.2) is 34.8 Å². The van der Waals surface area contributed by atoms with Crippen LogP contribution >= 0.6 is 15.9 Å². The molecule has 29 heavy (non-hydrogen) atoms. The lowest BCUT2D eigenvalue weighted by Crippen LogP contribution is -2.47. The monoisotopic (exact) mass is 468 g/mol. The van der Waals surface area contributed by atoms with Crippen LogP contribution in [0.25, 0.3) is 0 Å². The Bertz CT molecular complexity index is 837. The van der Waals surface area contributed by atoms with Gasteiger partial charge in [-0.15, -0.1) is 0 Å². The van der Waals surface area contributed by atoms with Crippen molar-refractivity contribution in [2.75, 3.05) is 57.4 Å². The molecule has 0 bridgehead atoms. The predicted molar refractivity (Wildman–Crippen MR) is 110 cm³/mol. The molecule has 8 heteroatoms. The van der Waals surface area contributed by atoms with E-state index in [0.29, 0.717) is 24.1 Å². The molecule has 5 nitrogen and oxygen atoms in total. The standard InChI is InChI=1S/C21H23BrF2N2O3/c22-15-13-16(23)20(17(24)14-15)28-10-2-5-25-6-8-26(9-7-25)18-3-1-4-19-21(18)29-12-11-27-19/h1,3-4,13-14H,2,5-12H2. The average molecular weight is 469 g/mol. The van der Waals surface area contributed by atoms with E-state index < -0.39 is 11.6 Å². The Morgan fingerprint density at radius 2 is 1.72 bits per heavy atom.